The van der Waals surface area contributed by atoms with Gasteiger partial charge in [-0.15, -0.1) is 6.58 Å². The van der Waals surface area contributed by atoms with E-state index in [0.717, 1.165) is 30.4 Å². The molecule has 2 N–H and O–H groups in total. The molecular weight excluding hydrogens is 365 g/mol. The molecule has 0 atom stereocenters. The van der Waals surface area contributed by atoms with Crippen LogP contribution in [0.1, 0.15) is 31.0 Å². The number of aromatic amines is 1. The standard InChI is InChI=1S/C22H21F3N2O/c1-14(2)7-6-8-15-11-12-17(18(28)13-15)20-19(16-9-4-3-5-10-16)21(27-26-20)22(23,24)25/h3-5,9-13,28H,1,6-8H2,2H3,(H,26,27). The van der Waals surface area contributed by atoms with Crippen LogP contribution in [-0.4, -0.2) is 15.3 Å². The first kappa shape index (κ1) is 19.7. The van der Waals surface area contributed by atoms with Gasteiger partial charge in [0.25, 0.3) is 0 Å². The molecule has 2 aromatic carbocycles. The van der Waals surface area contributed by atoms with E-state index >= 15 is 0 Å². The van der Waals surface area contributed by atoms with Crippen molar-refractivity contribution in [3.05, 3.63) is 71.9 Å². The number of benzene rings is 2. The Bertz CT molecular complexity index is 975. The number of hydrogen-bond acceptors (Lipinski definition) is 2. The summed E-state index contributed by atoms with van der Waals surface area (Å²) in [6.45, 7) is 5.83. The normalized spacial score (nSPS) is 11.6. The predicted molar refractivity (Wildman–Crippen MR) is 104 cm³/mol. The SMILES string of the molecule is C=C(C)CCCc1ccc(-c2n[nH]c(C(F)(F)F)c2-c2ccccc2)c(O)c1. The van der Waals surface area contributed by atoms with Gasteiger partial charge in [0.1, 0.15) is 17.1 Å². The molecule has 0 spiro atoms. The topological polar surface area (TPSA) is 48.9 Å². The quantitative estimate of drug-likeness (QED) is 0.484. The fourth-order valence-corrected chi connectivity index (χ4v) is 3.16. The number of phenolic OH excluding ortho intramolecular Hbond substituents is 1. The van der Waals surface area contributed by atoms with E-state index in [4.69, 9.17) is 0 Å². The fourth-order valence-electron chi connectivity index (χ4n) is 3.16. The van der Waals surface area contributed by atoms with Gasteiger partial charge in [-0.05, 0) is 49.4 Å². The van der Waals surface area contributed by atoms with Crippen molar-refractivity contribution in [3.8, 4) is 28.1 Å². The van der Waals surface area contributed by atoms with Crippen molar-refractivity contribution >= 4 is 0 Å². The second kappa shape index (κ2) is 7.92. The molecule has 0 fully saturated rings. The van der Waals surface area contributed by atoms with Gasteiger partial charge >= 0.3 is 6.18 Å². The van der Waals surface area contributed by atoms with Gasteiger partial charge in [0.2, 0.25) is 0 Å². The number of aryl methyl sites for hydroxylation is 1. The van der Waals surface area contributed by atoms with Crippen LogP contribution in [0.2, 0.25) is 0 Å². The average Bonchev–Trinajstić information content (AvgIpc) is 3.07. The van der Waals surface area contributed by atoms with Crippen LogP contribution in [-0.2, 0) is 12.6 Å². The largest absolute Gasteiger partial charge is 0.507 e. The zero-order valence-corrected chi connectivity index (χ0v) is 15.5. The van der Waals surface area contributed by atoms with Crippen LogP contribution in [0.4, 0.5) is 13.2 Å². The summed E-state index contributed by atoms with van der Waals surface area (Å²) >= 11 is 0. The summed E-state index contributed by atoms with van der Waals surface area (Å²) in [6, 6.07) is 13.3. The smallest absolute Gasteiger partial charge is 0.433 e. The summed E-state index contributed by atoms with van der Waals surface area (Å²) in [7, 11) is 0. The summed E-state index contributed by atoms with van der Waals surface area (Å²) in [5.41, 5.74) is 1.71. The third kappa shape index (κ3) is 4.27. The van der Waals surface area contributed by atoms with E-state index in [2.05, 4.69) is 16.8 Å². The number of H-pyrrole nitrogens is 1. The molecule has 28 heavy (non-hydrogen) atoms. The van der Waals surface area contributed by atoms with Crippen molar-refractivity contribution in [1.82, 2.24) is 10.2 Å². The van der Waals surface area contributed by atoms with E-state index in [1.165, 1.54) is 0 Å². The minimum atomic E-state index is -4.59. The van der Waals surface area contributed by atoms with Crippen LogP contribution < -0.4 is 0 Å². The maximum absolute atomic E-state index is 13.5. The summed E-state index contributed by atoms with van der Waals surface area (Å²) in [5, 5.41) is 16.5. The fraction of sp³-hybridized carbons (Fsp3) is 0.227. The molecule has 0 saturated carbocycles. The van der Waals surface area contributed by atoms with Crippen LogP contribution in [0.5, 0.6) is 5.75 Å². The number of nitrogens with zero attached hydrogens (tertiary/aromatic N) is 1. The first-order valence-electron chi connectivity index (χ1n) is 8.95. The zero-order chi connectivity index (χ0) is 20.3. The van der Waals surface area contributed by atoms with Gasteiger partial charge in [0.15, 0.2) is 0 Å². The number of hydrogen-bond donors (Lipinski definition) is 2. The van der Waals surface area contributed by atoms with Crippen LogP contribution in [0.15, 0.2) is 60.7 Å². The number of rotatable bonds is 6. The highest BCUT2D eigenvalue weighted by Gasteiger charge is 2.38. The Kier molecular flexibility index (Phi) is 5.58. The Balaban J connectivity index is 2.02. The highest BCUT2D eigenvalue weighted by atomic mass is 19.4. The van der Waals surface area contributed by atoms with Crippen LogP contribution in [0, 0.1) is 0 Å². The second-order valence-electron chi connectivity index (χ2n) is 6.85. The van der Waals surface area contributed by atoms with Crippen molar-refractivity contribution in [2.45, 2.75) is 32.4 Å². The summed E-state index contributed by atoms with van der Waals surface area (Å²) < 4.78 is 40.5. The van der Waals surface area contributed by atoms with Crippen LogP contribution in [0.3, 0.4) is 0 Å². The third-order valence-electron chi connectivity index (χ3n) is 4.50. The van der Waals surface area contributed by atoms with Crippen LogP contribution in [0.25, 0.3) is 22.4 Å². The van der Waals surface area contributed by atoms with Gasteiger partial charge in [-0.25, -0.2) is 0 Å². The highest BCUT2D eigenvalue weighted by molar-refractivity contribution is 5.85. The highest BCUT2D eigenvalue weighted by Crippen LogP contribution is 2.43. The van der Waals surface area contributed by atoms with E-state index in [1.54, 1.807) is 42.5 Å². The molecule has 3 aromatic rings. The van der Waals surface area contributed by atoms with E-state index in [9.17, 15) is 18.3 Å². The lowest BCUT2D eigenvalue weighted by Gasteiger charge is -2.11. The average molecular weight is 386 g/mol. The molecule has 3 nitrogen and oxygen atoms in total. The number of alkyl halides is 3. The molecule has 1 heterocycles. The van der Waals surface area contributed by atoms with Crippen molar-refractivity contribution in [2.75, 3.05) is 0 Å². The van der Waals surface area contributed by atoms with Crippen LogP contribution >= 0.6 is 0 Å². The Morgan fingerprint density at radius 1 is 1.14 bits per heavy atom. The lowest BCUT2D eigenvalue weighted by atomic mass is 9.96. The number of aromatic hydroxyl groups is 1. The molecule has 0 saturated heterocycles. The molecule has 0 amide bonds. The molecule has 0 bridgehead atoms. The molecule has 6 heteroatoms. The molecule has 0 radical (unpaired) electrons. The van der Waals surface area contributed by atoms with E-state index in [-0.39, 0.29) is 22.6 Å². The lowest BCUT2D eigenvalue weighted by molar-refractivity contribution is -0.140. The molecule has 146 valence electrons. The number of halogens is 3. The van der Waals surface area contributed by atoms with Gasteiger partial charge in [-0.1, -0.05) is 42.0 Å². The molecule has 3 rings (SSSR count). The van der Waals surface area contributed by atoms with Crippen molar-refractivity contribution in [3.63, 3.8) is 0 Å². The maximum atomic E-state index is 13.5. The Morgan fingerprint density at radius 2 is 1.86 bits per heavy atom. The summed E-state index contributed by atoms with van der Waals surface area (Å²) in [6.07, 6.45) is -2.06. The number of allylic oxidation sites excluding steroid dienone is 1. The van der Waals surface area contributed by atoms with Crippen molar-refractivity contribution in [1.29, 1.82) is 0 Å². The molecule has 0 aliphatic heterocycles. The van der Waals surface area contributed by atoms with E-state index in [1.807, 2.05) is 13.0 Å². The first-order valence-corrected chi connectivity index (χ1v) is 8.95. The molecule has 1 aromatic heterocycles. The maximum Gasteiger partial charge on any atom is 0.433 e. The van der Waals surface area contributed by atoms with E-state index in [0.29, 0.717) is 5.56 Å². The zero-order valence-electron chi connectivity index (χ0n) is 15.5. The molecule has 0 aliphatic carbocycles. The summed E-state index contributed by atoms with van der Waals surface area (Å²) in [5.74, 6) is -0.0924. The van der Waals surface area contributed by atoms with Crippen molar-refractivity contribution < 1.29 is 18.3 Å². The van der Waals surface area contributed by atoms with Gasteiger partial charge < -0.3 is 5.11 Å². The van der Waals surface area contributed by atoms with E-state index < -0.39 is 11.9 Å². The Hall–Kier alpha value is -3.02. The monoisotopic (exact) mass is 386 g/mol. The minimum Gasteiger partial charge on any atom is -0.507 e. The molecule has 0 unspecified atom stereocenters. The van der Waals surface area contributed by atoms with Gasteiger partial charge in [0, 0.05) is 11.1 Å². The Morgan fingerprint density at radius 3 is 2.46 bits per heavy atom. The first-order chi connectivity index (χ1) is 13.3. The van der Waals surface area contributed by atoms with Gasteiger partial charge in [-0.2, -0.15) is 18.3 Å². The molecule has 0 aliphatic rings. The van der Waals surface area contributed by atoms with Gasteiger partial charge in [0.05, 0.1) is 0 Å². The number of aromatic nitrogens is 2. The minimum absolute atomic E-state index is 0.0709. The molecular formula is C22H21F3N2O. The van der Waals surface area contributed by atoms with Crippen molar-refractivity contribution in [2.24, 2.45) is 0 Å². The summed E-state index contributed by atoms with van der Waals surface area (Å²) in [4.78, 5) is 0. The second-order valence-corrected chi connectivity index (χ2v) is 6.85. The number of nitrogens with one attached hydrogen (secondary N) is 1. The Labute approximate surface area is 161 Å². The third-order valence-corrected chi connectivity index (χ3v) is 4.50. The lowest BCUT2D eigenvalue weighted by Crippen LogP contribution is -2.07. The number of phenols is 1. The van der Waals surface area contributed by atoms with Gasteiger partial charge in [-0.3, -0.25) is 5.10 Å². The predicted octanol–water partition coefficient (Wildman–Crippen LogP) is 6.37.